The van der Waals surface area contributed by atoms with Crippen LogP contribution in [0.3, 0.4) is 0 Å². The lowest BCUT2D eigenvalue weighted by atomic mass is 10.0. The molecule has 1 aromatic carbocycles. The third-order valence-corrected chi connectivity index (χ3v) is 4.39. The molecule has 5 nitrogen and oxygen atoms in total. The standard InChI is InChI=1S/C17H19F3N4O/c1-21-13-5-3-9-23(11-13)16(25)12-4-2-6-14(10-12)24-15(7-8-22-24)17(18,19)20/h2,4,6-8,10,13,21H,3,5,9,11H2,1H3. The first-order valence-electron chi connectivity index (χ1n) is 8.08. The highest BCUT2D eigenvalue weighted by atomic mass is 19.4. The van der Waals surface area contributed by atoms with Crippen molar-refractivity contribution < 1.29 is 18.0 Å². The minimum absolute atomic E-state index is 0.178. The number of likely N-dealkylation sites (tertiary alicyclic amines) is 1. The van der Waals surface area contributed by atoms with Crippen molar-refractivity contribution in [1.82, 2.24) is 20.0 Å². The maximum Gasteiger partial charge on any atom is 0.433 e. The molecule has 0 saturated carbocycles. The normalized spacial score (nSPS) is 18.4. The molecule has 0 spiro atoms. The molecule has 1 unspecified atom stereocenters. The number of nitrogens with zero attached hydrogens (tertiary/aromatic N) is 3. The summed E-state index contributed by atoms with van der Waals surface area (Å²) in [5, 5.41) is 6.92. The third kappa shape index (κ3) is 3.68. The van der Waals surface area contributed by atoms with E-state index in [1.165, 1.54) is 12.1 Å². The van der Waals surface area contributed by atoms with E-state index in [0.29, 0.717) is 18.7 Å². The molecule has 1 N–H and O–H groups in total. The van der Waals surface area contributed by atoms with Crippen LogP contribution in [-0.2, 0) is 6.18 Å². The van der Waals surface area contributed by atoms with E-state index in [0.717, 1.165) is 29.8 Å². The zero-order valence-electron chi connectivity index (χ0n) is 13.8. The molecule has 1 atom stereocenters. The number of piperidine rings is 1. The number of likely N-dealkylation sites (N-methyl/N-ethyl adjacent to an activating group) is 1. The second kappa shape index (κ2) is 6.87. The number of alkyl halides is 3. The van der Waals surface area contributed by atoms with E-state index in [2.05, 4.69) is 10.4 Å². The summed E-state index contributed by atoms with van der Waals surface area (Å²) in [4.78, 5) is 14.4. The average Bonchev–Trinajstić information content (AvgIpc) is 3.11. The summed E-state index contributed by atoms with van der Waals surface area (Å²) >= 11 is 0. The molecule has 134 valence electrons. The van der Waals surface area contributed by atoms with E-state index >= 15 is 0 Å². The van der Waals surface area contributed by atoms with E-state index in [1.54, 1.807) is 17.0 Å². The van der Waals surface area contributed by atoms with Crippen LogP contribution in [0.1, 0.15) is 28.9 Å². The van der Waals surface area contributed by atoms with E-state index in [4.69, 9.17) is 0 Å². The summed E-state index contributed by atoms with van der Waals surface area (Å²) in [6.07, 6.45) is -1.51. The Hall–Kier alpha value is -2.35. The fraction of sp³-hybridized carbons (Fsp3) is 0.412. The van der Waals surface area contributed by atoms with Crippen LogP contribution >= 0.6 is 0 Å². The Labute approximate surface area is 143 Å². The minimum atomic E-state index is -4.51. The van der Waals surface area contributed by atoms with Crippen molar-refractivity contribution in [2.45, 2.75) is 25.1 Å². The van der Waals surface area contributed by atoms with Gasteiger partial charge < -0.3 is 10.2 Å². The lowest BCUT2D eigenvalue weighted by molar-refractivity contribution is -0.142. The minimum Gasteiger partial charge on any atom is -0.337 e. The molecule has 3 rings (SSSR count). The van der Waals surface area contributed by atoms with Gasteiger partial charge in [-0.15, -0.1) is 0 Å². The van der Waals surface area contributed by atoms with Crippen molar-refractivity contribution in [3.63, 3.8) is 0 Å². The molecule has 1 aliphatic rings. The third-order valence-electron chi connectivity index (χ3n) is 4.39. The molecule has 2 aromatic rings. The number of aromatic nitrogens is 2. The Morgan fingerprint density at radius 2 is 2.12 bits per heavy atom. The number of amides is 1. The summed E-state index contributed by atoms with van der Waals surface area (Å²) in [6, 6.07) is 7.30. The fourth-order valence-corrected chi connectivity index (χ4v) is 3.07. The van der Waals surface area contributed by atoms with Gasteiger partial charge in [-0.05, 0) is 44.2 Å². The highest BCUT2D eigenvalue weighted by Crippen LogP contribution is 2.30. The van der Waals surface area contributed by atoms with E-state index in [-0.39, 0.29) is 17.6 Å². The van der Waals surface area contributed by atoms with Crippen LogP contribution in [0.25, 0.3) is 5.69 Å². The predicted octanol–water partition coefficient (Wildman–Crippen LogP) is 2.72. The van der Waals surface area contributed by atoms with Gasteiger partial charge in [0.25, 0.3) is 5.91 Å². The lowest BCUT2D eigenvalue weighted by Crippen LogP contribution is -2.46. The molecule has 0 bridgehead atoms. The molecule has 0 radical (unpaired) electrons. The first-order chi connectivity index (χ1) is 11.9. The van der Waals surface area contributed by atoms with Crippen LogP contribution in [0.5, 0.6) is 0 Å². The van der Waals surface area contributed by atoms with Gasteiger partial charge in [-0.2, -0.15) is 18.3 Å². The van der Waals surface area contributed by atoms with Gasteiger partial charge in [0.05, 0.1) is 11.9 Å². The highest BCUT2D eigenvalue weighted by Gasteiger charge is 2.35. The maximum atomic E-state index is 13.1. The van der Waals surface area contributed by atoms with Gasteiger partial charge in [0.15, 0.2) is 0 Å². The van der Waals surface area contributed by atoms with E-state index in [1.807, 2.05) is 7.05 Å². The molecule has 1 aliphatic heterocycles. The highest BCUT2D eigenvalue weighted by molar-refractivity contribution is 5.94. The summed E-state index contributed by atoms with van der Waals surface area (Å²) < 4.78 is 40.0. The van der Waals surface area contributed by atoms with Gasteiger partial charge in [0.1, 0.15) is 5.69 Å². The Bertz CT molecular complexity index is 756. The number of rotatable bonds is 3. The second-order valence-electron chi connectivity index (χ2n) is 6.06. The van der Waals surface area contributed by atoms with Crippen LogP contribution < -0.4 is 5.32 Å². The van der Waals surface area contributed by atoms with Crippen molar-refractivity contribution in [2.24, 2.45) is 0 Å². The van der Waals surface area contributed by atoms with Crippen molar-refractivity contribution in [3.05, 3.63) is 47.8 Å². The van der Waals surface area contributed by atoms with Crippen LogP contribution in [-0.4, -0.2) is 46.8 Å². The van der Waals surface area contributed by atoms with Gasteiger partial charge in [-0.3, -0.25) is 4.79 Å². The molecule has 1 fully saturated rings. The summed E-state index contributed by atoms with van der Waals surface area (Å²) in [6.45, 7) is 1.24. The van der Waals surface area contributed by atoms with Crippen LogP contribution in [0.15, 0.2) is 36.5 Å². The predicted molar refractivity (Wildman–Crippen MR) is 86.6 cm³/mol. The SMILES string of the molecule is CNC1CCCN(C(=O)c2cccc(-n3nccc3C(F)(F)F)c2)C1. The van der Waals surface area contributed by atoms with Crippen LogP contribution in [0.2, 0.25) is 0 Å². The van der Waals surface area contributed by atoms with E-state index in [9.17, 15) is 18.0 Å². The number of carbonyl (C=O) groups is 1. The number of carbonyl (C=O) groups excluding carboxylic acids is 1. The quantitative estimate of drug-likeness (QED) is 0.924. The molecule has 1 saturated heterocycles. The Kier molecular flexibility index (Phi) is 4.80. The topological polar surface area (TPSA) is 50.2 Å². The molecule has 2 heterocycles. The summed E-state index contributed by atoms with van der Waals surface area (Å²) in [7, 11) is 1.86. The lowest BCUT2D eigenvalue weighted by Gasteiger charge is -2.32. The Morgan fingerprint density at radius 3 is 2.84 bits per heavy atom. The molecule has 1 aromatic heterocycles. The molecular weight excluding hydrogens is 333 g/mol. The average molecular weight is 352 g/mol. The first kappa shape index (κ1) is 17.5. The van der Waals surface area contributed by atoms with Crippen LogP contribution in [0, 0.1) is 0 Å². The molecular formula is C17H19F3N4O. The smallest absolute Gasteiger partial charge is 0.337 e. The number of hydrogen-bond acceptors (Lipinski definition) is 3. The van der Waals surface area contributed by atoms with E-state index < -0.39 is 11.9 Å². The zero-order chi connectivity index (χ0) is 18.0. The number of hydrogen-bond donors (Lipinski definition) is 1. The van der Waals surface area contributed by atoms with Crippen molar-refractivity contribution >= 4 is 5.91 Å². The second-order valence-corrected chi connectivity index (χ2v) is 6.06. The largest absolute Gasteiger partial charge is 0.433 e. The Morgan fingerprint density at radius 1 is 1.32 bits per heavy atom. The molecule has 0 aliphatic carbocycles. The molecule has 1 amide bonds. The van der Waals surface area contributed by atoms with Gasteiger partial charge >= 0.3 is 6.18 Å². The summed E-state index contributed by atoms with van der Waals surface area (Å²) in [5.74, 6) is -0.178. The van der Waals surface area contributed by atoms with Gasteiger partial charge in [0.2, 0.25) is 0 Å². The monoisotopic (exact) mass is 352 g/mol. The summed E-state index contributed by atoms with van der Waals surface area (Å²) in [5.41, 5.74) is -0.298. The van der Waals surface area contributed by atoms with Crippen LogP contribution in [0.4, 0.5) is 13.2 Å². The Balaban J connectivity index is 1.87. The number of nitrogens with one attached hydrogen (secondary N) is 1. The van der Waals surface area contributed by atoms with Crippen molar-refractivity contribution in [1.29, 1.82) is 0 Å². The van der Waals surface area contributed by atoms with Gasteiger partial charge in [-0.1, -0.05) is 6.07 Å². The number of benzene rings is 1. The first-order valence-corrected chi connectivity index (χ1v) is 8.08. The number of halogens is 3. The molecule has 8 heteroatoms. The van der Waals surface area contributed by atoms with Crippen molar-refractivity contribution in [2.75, 3.05) is 20.1 Å². The zero-order valence-corrected chi connectivity index (χ0v) is 13.8. The van der Waals surface area contributed by atoms with Gasteiger partial charge in [-0.25, -0.2) is 4.68 Å². The van der Waals surface area contributed by atoms with Crippen molar-refractivity contribution in [3.8, 4) is 5.69 Å². The maximum absolute atomic E-state index is 13.1. The molecule has 25 heavy (non-hydrogen) atoms. The van der Waals surface area contributed by atoms with Gasteiger partial charge in [0, 0.05) is 24.7 Å². The fourth-order valence-electron chi connectivity index (χ4n) is 3.07.